The molecule has 4 rings (SSSR count). The van der Waals surface area contributed by atoms with Crippen LogP contribution in [0.15, 0.2) is 42.5 Å². The summed E-state index contributed by atoms with van der Waals surface area (Å²) in [6.45, 7) is 1.72. The molecule has 26 heavy (non-hydrogen) atoms. The summed E-state index contributed by atoms with van der Waals surface area (Å²) < 4.78 is 0. The van der Waals surface area contributed by atoms with E-state index in [0.29, 0.717) is 22.0 Å². The van der Waals surface area contributed by atoms with Crippen LogP contribution in [0.5, 0.6) is 0 Å². The fourth-order valence-corrected chi connectivity index (χ4v) is 4.90. The van der Waals surface area contributed by atoms with Crippen LogP contribution in [0.25, 0.3) is 0 Å². The van der Waals surface area contributed by atoms with Gasteiger partial charge >= 0.3 is 0 Å². The molecule has 132 valence electrons. The summed E-state index contributed by atoms with van der Waals surface area (Å²) in [5.41, 5.74) is 1.25. The van der Waals surface area contributed by atoms with E-state index in [1.54, 1.807) is 31.2 Å². The number of thioether (sulfide) groups is 1. The van der Waals surface area contributed by atoms with Gasteiger partial charge in [0.2, 0.25) is 10.8 Å². The first kappa shape index (κ1) is 16.9. The number of non-ortho nitro benzene ring substituents is 1. The molecule has 2 aliphatic heterocycles. The number of fused-ring (bicyclic) bond motifs is 2. The Hall–Kier alpha value is -2.58. The zero-order valence-electron chi connectivity index (χ0n) is 13.4. The van der Waals surface area contributed by atoms with Gasteiger partial charge in [-0.3, -0.25) is 24.6 Å². The van der Waals surface area contributed by atoms with Crippen LogP contribution in [0, 0.1) is 10.1 Å². The van der Waals surface area contributed by atoms with Crippen LogP contribution in [-0.2, 0) is 14.5 Å². The van der Waals surface area contributed by atoms with Crippen molar-refractivity contribution in [3.63, 3.8) is 0 Å². The highest BCUT2D eigenvalue weighted by molar-refractivity contribution is 8.03. The maximum absolute atomic E-state index is 13.0. The van der Waals surface area contributed by atoms with Gasteiger partial charge in [-0.05, 0) is 37.3 Å². The summed E-state index contributed by atoms with van der Waals surface area (Å²) in [7, 11) is 0. The molecular formula is C17H12ClN3O4S. The summed E-state index contributed by atoms with van der Waals surface area (Å²) in [4.78, 5) is 36.5. The van der Waals surface area contributed by atoms with E-state index in [0.717, 1.165) is 0 Å². The fourth-order valence-electron chi connectivity index (χ4n) is 3.30. The molecule has 2 aromatic rings. The molecule has 0 bridgehead atoms. The molecule has 0 aromatic heterocycles. The Morgan fingerprint density at radius 2 is 1.92 bits per heavy atom. The lowest BCUT2D eigenvalue weighted by molar-refractivity contribution is -0.384. The predicted molar refractivity (Wildman–Crippen MR) is 99.4 cm³/mol. The lowest BCUT2D eigenvalue weighted by Gasteiger charge is -2.32. The predicted octanol–water partition coefficient (Wildman–Crippen LogP) is 3.52. The Morgan fingerprint density at radius 3 is 2.58 bits per heavy atom. The first-order chi connectivity index (χ1) is 12.3. The maximum Gasteiger partial charge on any atom is 0.269 e. The summed E-state index contributed by atoms with van der Waals surface area (Å²) in [6.07, 6.45) is 0. The van der Waals surface area contributed by atoms with Gasteiger partial charge in [-0.2, -0.15) is 0 Å². The average molecular weight is 390 g/mol. The first-order valence-electron chi connectivity index (χ1n) is 7.72. The van der Waals surface area contributed by atoms with E-state index in [4.69, 9.17) is 11.6 Å². The number of rotatable bonds is 2. The van der Waals surface area contributed by atoms with Gasteiger partial charge in [-0.25, -0.2) is 0 Å². The SMILES string of the molecule is CC1SC2(C(=O)Nc3ccc([N+](=O)[O-])cc32)N(c2ccc(Cl)cc2)C1=O. The number of carbonyl (C=O) groups excluding carboxylic acids is 2. The van der Waals surface area contributed by atoms with Crippen molar-refractivity contribution in [3.8, 4) is 0 Å². The highest BCUT2D eigenvalue weighted by Gasteiger charge is 2.61. The Balaban J connectivity index is 1.95. The van der Waals surface area contributed by atoms with Gasteiger partial charge in [0.1, 0.15) is 0 Å². The van der Waals surface area contributed by atoms with Crippen molar-refractivity contribution >= 4 is 52.2 Å². The molecule has 1 fully saturated rings. The van der Waals surface area contributed by atoms with Crippen molar-refractivity contribution in [2.45, 2.75) is 17.0 Å². The van der Waals surface area contributed by atoms with Crippen LogP contribution < -0.4 is 10.2 Å². The molecule has 2 amide bonds. The third kappa shape index (κ3) is 2.22. The van der Waals surface area contributed by atoms with Crippen LogP contribution >= 0.6 is 23.4 Å². The number of hydrogen-bond donors (Lipinski definition) is 1. The summed E-state index contributed by atoms with van der Waals surface area (Å²) in [5, 5.41) is 14.0. The van der Waals surface area contributed by atoms with Gasteiger partial charge in [0.25, 0.3) is 11.6 Å². The molecule has 2 aliphatic rings. The van der Waals surface area contributed by atoms with Gasteiger partial charge in [0.15, 0.2) is 0 Å². The van der Waals surface area contributed by atoms with Crippen LogP contribution in [0.2, 0.25) is 5.02 Å². The second kappa shape index (κ2) is 5.72. The van der Waals surface area contributed by atoms with Crippen molar-refractivity contribution < 1.29 is 14.5 Å². The summed E-state index contributed by atoms with van der Waals surface area (Å²) >= 11 is 7.11. The minimum absolute atomic E-state index is 0.136. The molecule has 2 heterocycles. The second-order valence-corrected chi connectivity index (χ2v) is 7.97. The van der Waals surface area contributed by atoms with Gasteiger partial charge in [-0.15, -0.1) is 11.8 Å². The number of halogens is 1. The third-order valence-corrected chi connectivity index (χ3v) is 6.19. The summed E-state index contributed by atoms with van der Waals surface area (Å²) in [5.74, 6) is -0.641. The van der Waals surface area contributed by atoms with E-state index in [9.17, 15) is 19.7 Å². The number of anilines is 2. The molecular weight excluding hydrogens is 378 g/mol. The molecule has 0 saturated carbocycles. The van der Waals surface area contributed by atoms with E-state index in [1.165, 1.54) is 34.9 Å². The fraction of sp³-hybridized carbons (Fsp3) is 0.176. The monoisotopic (exact) mass is 389 g/mol. The standard InChI is InChI=1S/C17H12ClN3O4S/c1-9-15(22)20(11-4-2-10(18)3-5-11)17(26-9)13-8-12(21(24)25)6-7-14(13)19-16(17)23/h2-9H,1H3,(H,19,23). The minimum atomic E-state index is -1.38. The van der Waals surface area contributed by atoms with Gasteiger partial charge in [-0.1, -0.05) is 11.6 Å². The Morgan fingerprint density at radius 1 is 1.23 bits per heavy atom. The molecule has 2 aromatic carbocycles. The van der Waals surface area contributed by atoms with Gasteiger partial charge < -0.3 is 5.32 Å². The molecule has 1 spiro atoms. The van der Waals surface area contributed by atoms with Crippen molar-refractivity contribution in [1.29, 1.82) is 0 Å². The third-order valence-electron chi connectivity index (χ3n) is 4.45. The number of nitro groups is 1. The van der Waals surface area contributed by atoms with E-state index < -0.39 is 21.0 Å². The topological polar surface area (TPSA) is 92.5 Å². The van der Waals surface area contributed by atoms with Crippen molar-refractivity contribution in [2.75, 3.05) is 10.2 Å². The zero-order valence-corrected chi connectivity index (χ0v) is 15.0. The maximum atomic E-state index is 13.0. The zero-order chi connectivity index (χ0) is 18.6. The van der Waals surface area contributed by atoms with E-state index >= 15 is 0 Å². The molecule has 1 N–H and O–H groups in total. The molecule has 2 unspecified atom stereocenters. The van der Waals surface area contributed by atoms with E-state index in [-0.39, 0.29) is 11.6 Å². The minimum Gasteiger partial charge on any atom is -0.323 e. The molecule has 7 nitrogen and oxygen atoms in total. The van der Waals surface area contributed by atoms with Gasteiger partial charge in [0, 0.05) is 34.1 Å². The molecule has 1 saturated heterocycles. The number of carbonyl (C=O) groups is 2. The van der Waals surface area contributed by atoms with Crippen molar-refractivity contribution in [3.05, 3.63) is 63.2 Å². The lowest BCUT2D eigenvalue weighted by Crippen LogP contribution is -2.47. The second-order valence-electron chi connectivity index (χ2n) is 6.00. The van der Waals surface area contributed by atoms with E-state index in [1.807, 2.05) is 0 Å². The number of nitrogens with zero attached hydrogens (tertiary/aromatic N) is 2. The summed E-state index contributed by atoms with van der Waals surface area (Å²) in [6, 6.07) is 10.8. The van der Waals surface area contributed by atoms with Crippen LogP contribution in [-0.4, -0.2) is 22.0 Å². The average Bonchev–Trinajstić information content (AvgIpc) is 3.03. The number of nitro benzene ring substituents is 1. The van der Waals surface area contributed by atoms with Crippen molar-refractivity contribution in [2.24, 2.45) is 0 Å². The van der Waals surface area contributed by atoms with Gasteiger partial charge in [0.05, 0.1) is 10.2 Å². The normalized spacial score (nSPS) is 24.1. The number of benzene rings is 2. The largest absolute Gasteiger partial charge is 0.323 e. The highest BCUT2D eigenvalue weighted by atomic mass is 35.5. The number of hydrogen-bond acceptors (Lipinski definition) is 5. The molecule has 0 radical (unpaired) electrons. The van der Waals surface area contributed by atoms with E-state index in [2.05, 4.69) is 5.32 Å². The smallest absolute Gasteiger partial charge is 0.269 e. The Kier molecular flexibility index (Phi) is 3.71. The highest BCUT2D eigenvalue weighted by Crippen LogP contribution is 2.56. The van der Waals surface area contributed by atoms with Crippen LogP contribution in [0.3, 0.4) is 0 Å². The molecule has 0 aliphatic carbocycles. The molecule has 2 atom stereocenters. The molecule has 9 heteroatoms. The Labute approximate surface area is 157 Å². The lowest BCUT2D eigenvalue weighted by atomic mass is 10.0. The first-order valence-corrected chi connectivity index (χ1v) is 8.98. The van der Waals surface area contributed by atoms with Crippen LogP contribution in [0.4, 0.5) is 17.1 Å². The number of nitrogens with one attached hydrogen (secondary N) is 1. The quantitative estimate of drug-likeness (QED) is 0.626. The van der Waals surface area contributed by atoms with Crippen LogP contribution in [0.1, 0.15) is 12.5 Å². The Bertz CT molecular complexity index is 965. The number of amides is 2. The van der Waals surface area contributed by atoms with Crippen molar-refractivity contribution in [1.82, 2.24) is 0 Å².